The topological polar surface area (TPSA) is 96.0 Å². The van der Waals surface area contributed by atoms with Crippen LogP contribution in [0.25, 0.3) is 0 Å². The number of methoxy groups -OCH3 is 1. The largest absolute Gasteiger partial charge is 0.497 e. The summed E-state index contributed by atoms with van der Waals surface area (Å²) in [5.41, 5.74) is 2.94. The zero-order chi connectivity index (χ0) is 33.3. The Bertz CT molecular complexity index is 1710. The lowest BCUT2D eigenvalue weighted by Crippen LogP contribution is -2.53. The van der Waals surface area contributed by atoms with E-state index < -0.39 is 28.5 Å². The van der Waals surface area contributed by atoms with Crippen molar-refractivity contribution in [1.82, 2.24) is 10.2 Å². The third-order valence-corrected chi connectivity index (χ3v) is 9.73. The van der Waals surface area contributed by atoms with Crippen molar-refractivity contribution in [3.05, 3.63) is 124 Å². The van der Waals surface area contributed by atoms with Gasteiger partial charge in [0.25, 0.3) is 10.0 Å². The molecule has 0 unspecified atom stereocenters. The Morgan fingerprint density at radius 2 is 1.52 bits per heavy atom. The molecule has 4 aromatic carbocycles. The van der Waals surface area contributed by atoms with Gasteiger partial charge in [0, 0.05) is 24.0 Å². The summed E-state index contributed by atoms with van der Waals surface area (Å²) in [7, 11) is -2.70. The molecule has 0 aliphatic heterocycles. The number of anilines is 1. The lowest BCUT2D eigenvalue weighted by atomic mass is 10.0. The van der Waals surface area contributed by atoms with Crippen molar-refractivity contribution in [3.8, 4) is 5.75 Å². The van der Waals surface area contributed by atoms with Gasteiger partial charge in [0.1, 0.15) is 18.3 Å². The third-order valence-electron chi connectivity index (χ3n) is 7.45. The highest BCUT2D eigenvalue weighted by Crippen LogP contribution is 2.27. The van der Waals surface area contributed by atoms with Crippen LogP contribution in [-0.2, 0) is 32.6 Å². The van der Waals surface area contributed by atoms with Gasteiger partial charge in [-0.15, -0.1) is 0 Å². The Labute approximate surface area is 280 Å². The van der Waals surface area contributed by atoms with E-state index >= 15 is 0 Å². The van der Waals surface area contributed by atoms with E-state index in [1.165, 1.54) is 24.1 Å². The van der Waals surface area contributed by atoms with E-state index in [1.54, 1.807) is 36.4 Å². The quantitative estimate of drug-likeness (QED) is 0.164. The van der Waals surface area contributed by atoms with E-state index in [0.717, 1.165) is 25.5 Å². The summed E-state index contributed by atoms with van der Waals surface area (Å²) in [4.78, 5) is 29.9. The summed E-state index contributed by atoms with van der Waals surface area (Å²) >= 11 is 3.51. The van der Waals surface area contributed by atoms with Crippen molar-refractivity contribution in [2.24, 2.45) is 5.92 Å². The van der Waals surface area contributed by atoms with E-state index in [9.17, 15) is 18.0 Å². The normalized spacial score (nSPS) is 12.0. The number of rotatable bonds is 14. The summed E-state index contributed by atoms with van der Waals surface area (Å²) in [6, 6.07) is 29.1. The van der Waals surface area contributed by atoms with Gasteiger partial charge in [0.15, 0.2) is 0 Å². The molecule has 0 radical (unpaired) electrons. The van der Waals surface area contributed by atoms with E-state index in [2.05, 4.69) is 21.2 Å². The third kappa shape index (κ3) is 9.20. The highest BCUT2D eigenvalue weighted by atomic mass is 79.9. The highest BCUT2D eigenvalue weighted by molar-refractivity contribution is 9.10. The number of benzene rings is 4. The van der Waals surface area contributed by atoms with Crippen LogP contribution in [0.5, 0.6) is 5.75 Å². The molecule has 0 aromatic heterocycles. The summed E-state index contributed by atoms with van der Waals surface area (Å²) < 4.78 is 35.5. The number of ether oxygens (including phenoxy) is 1. The lowest BCUT2D eigenvalue weighted by molar-refractivity contribution is -0.140. The number of nitrogens with one attached hydrogen (secondary N) is 1. The van der Waals surface area contributed by atoms with Gasteiger partial charge in [-0.05, 0) is 72.5 Å². The second kappa shape index (κ2) is 15.9. The molecular weight excluding hydrogens is 666 g/mol. The molecule has 4 aromatic rings. The van der Waals surface area contributed by atoms with Gasteiger partial charge in [-0.1, -0.05) is 89.9 Å². The molecule has 0 aliphatic rings. The van der Waals surface area contributed by atoms with Gasteiger partial charge in [-0.3, -0.25) is 13.9 Å². The van der Waals surface area contributed by atoms with Gasteiger partial charge < -0.3 is 15.0 Å². The van der Waals surface area contributed by atoms with Crippen LogP contribution in [0.2, 0.25) is 0 Å². The molecule has 1 N–H and O–H groups in total. The Balaban J connectivity index is 1.79. The van der Waals surface area contributed by atoms with E-state index in [-0.39, 0.29) is 29.7 Å². The van der Waals surface area contributed by atoms with Crippen LogP contribution in [0, 0.1) is 12.8 Å². The van der Waals surface area contributed by atoms with Crippen LogP contribution < -0.4 is 14.4 Å². The van der Waals surface area contributed by atoms with Crippen LogP contribution in [0.3, 0.4) is 0 Å². The summed E-state index contributed by atoms with van der Waals surface area (Å²) in [6.07, 6.45) is 0.250. The van der Waals surface area contributed by atoms with Crippen LogP contribution in [0.15, 0.2) is 112 Å². The molecule has 242 valence electrons. The van der Waals surface area contributed by atoms with Crippen molar-refractivity contribution in [2.75, 3.05) is 24.5 Å². The highest BCUT2D eigenvalue weighted by Gasteiger charge is 2.34. The maximum atomic E-state index is 14.5. The lowest BCUT2D eigenvalue weighted by Gasteiger charge is -2.34. The molecular formula is C36H40BrN3O5S. The number of hydrogen-bond donors (Lipinski definition) is 1. The number of halogens is 1. The Morgan fingerprint density at radius 3 is 2.13 bits per heavy atom. The smallest absolute Gasteiger partial charge is 0.264 e. The fourth-order valence-electron chi connectivity index (χ4n) is 4.92. The van der Waals surface area contributed by atoms with Crippen LogP contribution in [-0.4, -0.2) is 51.4 Å². The first-order chi connectivity index (χ1) is 22.0. The molecule has 0 heterocycles. The fourth-order valence-corrected chi connectivity index (χ4v) is 6.78. The van der Waals surface area contributed by atoms with Gasteiger partial charge >= 0.3 is 0 Å². The Hall–Kier alpha value is -4.15. The number of amides is 2. The van der Waals surface area contributed by atoms with Crippen molar-refractivity contribution in [3.63, 3.8) is 0 Å². The molecule has 0 bridgehead atoms. The van der Waals surface area contributed by atoms with Crippen molar-refractivity contribution in [2.45, 2.75) is 44.7 Å². The molecule has 0 fully saturated rings. The summed E-state index contributed by atoms with van der Waals surface area (Å²) in [6.45, 7) is 5.91. The number of carbonyl (C=O) groups is 2. The van der Waals surface area contributed by atoms with E-state index in [4.69, 9.17) is 4.74 Å². The SMILES string of the molecule is COc1ccc(S(=O)(=O)N(CC(=O)N(Cc2cccc(Br)c2)[C@H](Cc2ccccc2)C(=O)NCC(C)C)c2ccc(C)cc2)cc1. The number of sulfonamides is 1. The zero-order valence-electron chi connectivity index (χ0n) is 26.5. The van der Waals surface area contributed by atoms with Crippen LogP contribution >= 0.6 is 15.9 Å². The van der Waals surface area contributed by atoms with Crippen molar-refractivity contribution in [1.29, 1.82) is 0 Å². The van der Waals surface area contributed by atoms with Gasteiger partial charge in [0.05, 0.1) is 17.7 Å². The van der Waals surface area contributed by atoms with Gasteiger partial charge in [0.2, 0.25) is 11.8 Å². The molecule has 4 rings (SSSR count). The average Bonchev–Trinajstić information content (AvgIpc) is 3.05. The van der Waals surface area contributed by atoms with Gasteiger partial charge in [-0.2, -0.15) is 0 Å². The van der Waals surface area contributed by atoms with E-state index in [0.29, 0.717) is 18.0 Å². The maximum Gasteiger partial charge on any atom is 0.264 e. The molecule has 8 nitrogen and oxygen atoms in total. The molecule has 0 saturated heterocycles. The first kappa shape index (κ1) is 34.7. The molecule has 46 heavy (non-hydrogen) atoms. The molecule has 0 saturated carbocycles. The molecule has 2 amide bonds. The molecule has 10 heteroatoms. The Kier molecular flexibility index (Phi) is 12.0. The number of nitrogens with zero attached hydrogens (tertiary/aromatic N) is 2. The predicted molar refractivity (Wildman–Crippen MR) is 185 cm³/mol. The first-order valence-electron chi connectivity index (χ1n) is 15.1. The standard InChI is InChI=1S/C36H40BrN3O5S/c1-26(2)23-38-36(42)34(22-28-9-6-5-7-10-28)39(24-29-11-8-12-30(37)21-29)35(41)25-40(31-15-13-27(3)14-16-31)46(43,44)33-19-17-32(45-4)18-20-33/h5-21,26,34H,22-25H2,1-4H3,(H,38,42)/t34-/m1/s1. The van der Waals surface area contributed by atoms with Crippen molar-refractivity contribution >= 4 is 43.5 Å². The minimum Gasteiger partial charge on any atom is -0.497 e. The number of carbonyl (C=O) groups excluding carboxylic acids is 2. The molecule has 1 atom stereocenters. The number of hydrogen-bond acceptors (Lipinski definition) is 5. The second-order valence-electron chi connectivity index (χ2n) is 11.5. The number of aryl methyl sites for hydroxylation is 1. The fraction of sp³-hybridized carbons (Fsp3) is 0.278. The second-order valence-corrected chi connectivity index (χ2v) is 14.3. The average molecular weight is 707 g/mol. The first-order valence-corrected chi connectivity index (χ1v) is 17.3. The van der Waals surface area contributed by atoms with Gasteiger partial charge in [-0.25, -0.2) is 8.42 Å². The zero-order valence-corrected chi connectivity index (χ0v) is 28.9. The molecule has 0 spiro atoms. The van der Waals surface area contributed by atoms with E-state index in [1.807, 2.05) is 75.4 Å². The van der Waals surface area contributed by atoms with Crippen molar-refractivity contribution < 1.29 is 22.7 Å². The van der Waals surface area contributed by atoms with Crippen LogP contribution in [0.1, 0.15) is 30.5 Å². The molecule has 0 aliphatic carbocycles. The minimum atomic E-state index is -4.20. The van der Waals surface area contributed by atoms with Crippen LogP contribution in [0.4, 0.5) is 5.69 Å². The monoisotopic (exact) mass is 705 g/mol. The predicted octanol–water partition coefficient (Wildman–Crippen LogP) is 6.37. The Morgan fingerprint density at radius 1 is 0.870 bits per heavy atom. The maximum absolute atomic E-state index is 14.5. The minimum absolute atomic E-state index is 0.00993. The summed E-state index contributed by atoms with van der Waals surface area (Å²) in [5, 5.41) is 3.01. The summed E-state index contributed by atoms with van der Waals surface area (Å²) in [5.74, 6) is -0.116.